The smallest absolute Gasteiger partial charge is 0.243 e. The first-order valence-corrected chi connectivity index (χ1v) is 8.50. The molecular weight excluding hydrogens is 316 g/mol. The van der Waals surface area contributed by atoms with E-state index in [1.807, 2.05) is 0 Å². The number of nitrogens with zero attached hydrogens (tertiary/aromatic N) is 1. The van der Waals surface area contributed by atoms with Gasteiger partial charge in [0.1, 0.15) is 0 Å². The van der Waals surface area contributed by atoms with Gasteiger partial charge in [-0.1, -0.05) is 11.6 Å². The third kappa shape index (κ3) is 4.16. The van der Waals surface area contributed by atoms with Gasteiger partial charge in [0.25, 0.3) is 0 Å². The van der Waals surface area contributed by atoms with E-state index in [4.69, 9.17) is 11.6 Å². The van der Waals surface area contributed by atoms with Gasteiger partial charge in [0, 0.05) is 17.4 Å². The van der Waals surface area contributed by atoms with Crippen LogP contribution in [0.4, 0.5) is 0 Å². The Hall–Kier alpha value is -1.15. The summed E-state index contributed by atoms with van der Waals surface area (Å²) in [5.74, 6) is -1.07. The first-order chi connectivity index (χ1) is 9.89. The van der Waals surface area contributed by atoms with Crippen LogP contribution >= 0.6 is 11.6 Å². The zero-order valence-electron chi connectivity index (χ0n) is 11.4. The Bertz CT molecular complexity index is 595. The largest absolute Gasteiger partial charge is 0.550 e. The number of rotatable bonds is 5. The van der Waals surface area contributed by atoms with Gasteiger partial charge in [-0.3, -0.25) is 0 Å². The molecule has 6 nitrogen and oxygen atoms in total. The standard InChI is InChI=1S/C13H17ClN2O4S/c14-11-1-3-12(4-2-11)21(19,20)16-9-7-15(8-10-16)6-5-13(17)18/h1-4H,5-10H2,(H,17,18). The second-order valence-electron chi connectivity index (χ2n) is 4.98. The van der Waals surface area contributed by atoms with Crippen LogP contribution < -0.4 is 10.0 Å². The highest BCUT2D eigenvalue weighted by atomic mass is 35.5. The molecule has 1 aliphatic heterocycles. The minimum atomic E-state index is -3.50. The average molecular weight is 333 g/mol. The maximum absolute atomic E-state index is 12.4. The van der Waals surface area contributed by atoms with Crippen molar-refractivity contribution < 1.29 is 23.2 Å². The van der Waals surface area contributed by atoms with Crippen LogP contribution in [0.5, 0.6) is 0 Å². The first-order valence-electron chi connectivity index (χ1n) is 6.69. The van der Waals surface area contributed by atoms with Crippen LogP contribution in [0.15, 0.2) is 29.2 Å². The summed E-state index contributed by atoms with van der Waals surface area (Å²) in [6, 6.07) is 6.09. The number of quaternary nitrogens is 1. The van der Waals surface area contributed by atoms with Crippen LogP contribution in [0.3, 0.4) is 0 Å². The van der Waals surface area contributed by atoms with Gasteiger partial charge in [-0.15, -0.1) is 0 Å². The molecule has 1 heterocycles. The molecular formula is C13H17ClN2O4S. The molecule has 2 rings (SSSR count). The van der Waals surface area contributed by atoms with Crippen molar-refractivity contribution in [2.75, 3.05) is 32.7 Å². The number of carboxylic acids is 1. The van der Waals surface area contributed by atoms with Crippen LogP contribution in [0.25, 0.3) is 0 Å². The number of piperazine rings is 1. The molecule has 0 unspecified atom stereocenters. The molecule has 0 radical (unpaired) electrons. The third-order valence-electron chi connectivity index (χ3n) is 3.56. The lowest BCUT2D eigenvalue weighted by Crippen LogP contribution is -3.15. The van der Waals surface area contributed by atoms with Gasteiger partial charge in [0.2, 0.25) is 10.0 Å². The maximum atomic E-state index is 12.4. The van der Waals surface area contributed by atoms with Gasteiger partial charge in [-0.25, -0.2) is 8.42 Å². The van der Waals surface area contributed by atoms with Gasteiger partial charge in [0.15, 0.2) is 0 Å². The molecule has 1 fully saturated rings. The molecule has 0 aliphatic carbocycles. The molecule has 0 aromatic heterocycles. The van der Waals surface area contributed by atoms with Gasteiger partial charge >= 0.3 is 0 Å². The monoisotopic (exact) mass is 332 g/mol. The predicted octanol–water partition coefficient (Wildman–Crippen LogP) is -1.63. The summed E-state index contributed by atoms with van der Waals surface area (Å²) < 4.78 is 26.3. The van der Waals surface area contributed by atoms with Crippen molar-refractivity contribution in [1.29, 1.82) is 0 Å². The van der Waals surface area contributed by atoms with E-state index < -0.39 is 16.0 Å². The van der Waals surface area contributed by atoms with Crippen molar-refractivity contribution in [3.05, 3.63) is 29.3 Å². The third-order valence-corrected chi connectivity index (χ3v) is 5.73. The van der Waals surface area contributed by atoms with E-state index in [-0.39, 0.29) is 11.3 Å². The van der Waals surface area contributed by atoms with Crippen molar-refractivity contribution in [3.63, 3.8) is 0 Å². The first kappa shape index (κ1) is 16.2. The Labute approximate surface area is 129 Å². The molecule has 21 heavy (non-hydrogen) atoms. The van der Waals surface area contributed by atoms with Crippen molar-refractivity contribution in [1.82, 2.24) is 4.31 Å². The molecule has 0 spiro atoms. The summed E-state index contributed by atoms with van der Waals surface area (Å²) in [5.41, 5.74) is 0. The van der Waals surface area contributed by atoms with Crippen molar-refractivity contribution in [2.24, 2.45) is 0 Å². The summed E-state index contributed by atoms with van der Waals surface area (Å²) in [4.78, 5) is 11.7. The Kier molecular flexibility index (Phi) is 5.21. The Morgan fingerprint density at radius 1 is 1.24 bits per heavy atom. The van der Waals surface area contributed by atoms with E-state index >= 15 is 0 Å². The van der Waals surface area contributed by atoms with Crippen molar-refractivity contribution >= 4 is 27.6 Å². The van der Waals surface area contributed by atoms with Gasteiger partial charge in [-0.2, -0.15) is 4.31 Å². The highest BCUT2D eigenvalue weighted by molar-refractivity contribution is 7.89. The van der Waals surface area contributed by atoms with E-state index in [2.05, 4.69) is 0 Å². The molecule has 0 bridgehead atoms. The number of carbonyl (C=O) groups excluding carboxylic acids is 1. The van der Waals surface area contributed by atoms with Crippen molar-refractivity contribution in [2.45, 2.75) is 11.3 Å². The Morgan fingerprint density at radius 3 is 2.33 bits per heavy atom. The number of aliphatic carboxylic acids is 1. The Balaban J connectivity index is 1.97. The quantitative estimate of drug-likeness (QED) is 0.702. The number of carboxylic acid groups (broad SMARTS) is 1. The molecule has 1 aliphatic rings. The van der Waals surface area contributed by atoms with Crippen LogP contribution in [-0.2, 0) is 14.8 Å². The Morgan fingerprint density at radius 2 is 1.81 bits per heavy atom. The minimum Gasteiger partial charge on any atom is -0.550 e. The van der Waals surface area contributed by atoms with Crippen LogP contribution in [0.1, 0.15) is 6.42 Å². The van der Waals surface area contributed by atoms with E-state index in [9.17, 15) is 18.3 Å². The maximum Gasteiger partial charge on any atom is 0.243 e. The lowest BCUT2D eigenvalue weighted by molar-refractivity contribution is -0.903. The van der Waals surface area contributed by atoms with E-state index in [1.165, 1.54) is 16.4 Å². The number of halogens is 1. The minimum absolute atomic E-state index is 0.000727. The summed E-state index contributed by atoms with van der Waals surface area (Å²) in [6.07, 6.45) is -0.000727. The number of hydrogen-bond acceptors (Lipinski definition) is 4. The van der Waals surface area contributed by atoms with Gasteiger partial charge in [-0.05, 0) is 24.3 Å². The fourth-order valence-corrected chi connectivity index (χ4v) is 3.89. The van der Waals surface area contributed by atoms with E-state index in [0.29, 0.717) is 37.7 Å². The normalized spacial score (nSPS) is 17.8. The van der Waals surface area contributed by atoms with E-state index in [1.54, 1.807) is 12.1 Å². The summed E-state index contributed by atoms with van der Waals surface area (Å²) in [7, 11) is -3.50. The zero-order valence-corrected chi connectivity index (χ0v) is 13.0. The lowest BCUT2D eigenvalue weighted by atomic mass is 10.3. The van der Waals surface area contributed by atoms with E-state index in [0.717, 1.165) is 4.90 Å². The van der Waals surface area contributed by atoms with Crippen molar-refractivity contribution in [3.8, 4) is 0 Å². The zero-order chi connectivity index (χ0) is 15.5. The molecule has 1 aromatic carbocycles. The summed E-state index contributed by atoms with van der Waals surface area (Å²) in [6.45, 7) is 2.43. The topological polar surface area (TPSA) is 81.9 Å². The SMILES string of the molecule is O=C([O-])CC[NH+]1CCN(S(=O)(=O)c2ccc(Cl)cc2)CC1. The fraction of sp³-hybridized carbons (Fsp3) is 0.462. The second-order valence-corrected chi connectivity index (χ2v) is 7.35. The van der Waals surface area contributed by atoms with Crippen LogP contribution in [-0.4, -0.2) is 51.4 Å². The van der Waals surface area contributed by atoms with Gasteiger partial charge < -0.3 is 14.8 Å². The van der Waals surface area contributed by atoms with Gasteiger partial charge in [0.05, 0.1) is 37.6 Å². The molecule has 8 heteroatoms. The fourth-order valence-electron chi connectivity index (χ4n) is 2.33. The molecule has 0 atom stereocenters. The molecule has 0 saturated carbocycles. The summed E-state index contributed by atoms with van der Waals surface area (Å²) >= 11 is 5.76. The number of carbonyl (C=O) groups is 1. The van der Waals surface area contributed by atoms with Crippen LogP contribution in [0.2, 0.25) is 5.02 Å². The molecule has 1 N–H and O–H groups in total. The number of benzene rings is 1. The molecule has 0 amide bonds. The highest BCUT2D eigenvalue weighted by Gasteiger charge is 2.30. The highest BCUT2D eigenvalue weighted by Crippen LogP contribution is 2.18. The molecule has 1 aromatic rings. The average Bonchev–Trinajstić information content (AvgIpc) is 2.46. The van der Waals surface area contributed by atoms with Crippen LogP contribution in [0, 0.1) is 0 Å². The molecule has 116 valence electrons. The number of sulfonamides is 1. The lowest BCUT2D eigenvalue weighted by Gasteiger charge is -2.31. The predicted molar refractivity (Wildman–Crippen MR) is 75.4 cm³/mol. The number of hydrogen-bond donors (Lipinski definition) is 1. The summed E-state index contributed by atoms with van der Waals surface area (Å²) in [5, 5.41) is 10.9. The molecule has 1 saturated heterocycles. The number of nitrogens with one attached hydrogen (secondary N) is 1. The second kappa shape index (κ2) is 6.74.